The molecule has 1 aliphatic rings. The van der Waals surface area contributed by atoms with Crippen molar-refractivity contribution < 1.29 is 4.74 Å². The average molecular weight is 270 g/mol. The molecule has 1 N–H and O–H groups in total. The number of nitrogens with one attached hydrogen (secondary N) is 1. The minimum absolute atomic E-state index is 0.316. The molecule has 0 atom stereocenters. The van der Waals surface area contributed by atoms with Crippen molar-refractivity contribution in [3.63, 3.8) is 0 Å². The van der Waals surface area contributed by atoms with Gasteiger partial charge in [-0.15, -0.1) is 0 Å². The summed E-state index contributed by atoms with van der Waals surface area (Å²) in [6.45, 7) is 6.87. The molecule has 2 heterocycles. The van der Waals surface area contributed by atoms with Crippen LogP contribution < -0.4 is 5.32 Å². The minimum Gasteiger partial charge on any atom is -0.381 e. The highest BCUT2D eigenvalue weighted by atomic mass is 35.5. The maximum Gasteiger partial charge on any atom is 0.138 e. The summed E-state index contributed by atoms with van der Waals surface area (Å²) in [4.78, 5) is 8.36. The number of ether oxygens (including phenoxy) is 1. The first-order chi connectivity index (χ1) is 8.68. The van der Waals surface area contributed by atoms with Crippen LogP contribution in [0.4, 0.5) is 5.82 Å². The molecule has 1 aliphatic heterocycles. The predicted octanol–water partition coefficient (Wildman–Crippen LogP) is 3.09. The van der Waals surface area contributed by atoms with E-state index in [0.29, 0.717) is 17.0 Å². The Kier molecular flexibility index (Phi) is 4.78. The summed E-state index contributed by atoms with van der Waals surface area (Å²) in [7, 11) is 0. The number of nitrogens with zero attached hydrogens (tertiary/aromatic N) is 2. The predicted molar refractivity (Wildman–Crippen MR) is 73.2 cm³/mol. The number of hydrogen-bond acceptors (Lipinski definition) is 4. The van der Waals surface area contributed by atoms with Gasteiger partial charge in [-0.25, -0.2) is 9.97 Å². The highest BCUT2D eigenvalue weighted by Gasteiger charge is 2.17. The lowest BCUT2D eigenvalue weighted by Crippen LogP contribution is -2.23. The Balaban J connectivity index is 2.02. The number of anilines is 1. The molecule has 5 heteroatoms. The van der Waals surface area contributed by atoms with Gasteiger partial charge in [0.15, 0.2) is 0 Å². The third-order valence-corrected chi connectivity index (χ3v) is 3.61. The van der Waals surface area contributed by atoms with Gasteiger partial charge in [0.05, 0.1) is 0 Å². The molecule has 0 amide bonds. The minimum atomic E-state index is 0.316. The van der Waals surface area contributed by atoms with Crippen LogP contribution in [0.5, 0.6) is 0 Å². The van der Waals surface area contributed by atoms with Crippen molar-refractivity contribution in [2.45, 2.75) is 32.6 Å². The first-order valence-corrected chi connectivity index (χ1v) is 6.88. The van der Waals surface area contributed by atoms with Crippen molar-refractivity contribution in [3.05, 3.63) is 17.0 Å². The second-order valence-corrected chi connectivity index (χ2v) is 5.38. The van der Waals surface area contributed by atoms with Gasteiger partial charge in [-0.05, 0) is 24.7 Å². The van der Waals surface area contributed by atoms with Gasteiger partial charge in [-0.2, -0.15) is 0 Å². The van der Waals surface area contributed by atoms with Crippen molar-refractivity contribution >= 4 is 17.4 Å². The fourth-order valence-electron chi connectivity index (χ4n) is 2.22. The molecule has 0 aromatic carbocycles. The van der Waals surface area contributed by atoms with E-state index in [1.165, 1.54) is 6.33 Å². The van der Waals surface area contributed by atoms with Crippen molar-refractivity contribution in [1.82, 2.24) is 9.97 Å². The van der Waals surface area contributed by atoms with Gasteiger partial charge in [-0.3, -0.25) is 0 Å². The quantitative estimate of drug-likeness (QED) is 0.854. The molecule has 0 aliphatic carbocycles. The van der Waals surface area contributed by atoms with Crippen LogP contribution in [-0.2, 0) is 4.74 Å². The Hall–Kier alpha value is -0.870. The van der Waals surface area contributed by atoms with Crippen molar-refractivity contribution in [1.29, 1.82) is 0 Å². The summed E-state index contributed by atoms with van der Waals surface area (Å²) in [6, 6.07) is 0. The molecular weight excluding hydrogens is 250 g/mol. The van der Waals surface area contributed by atoms with Crippen molar-refractivity contribution in [2.75, 3.05) is 25.1 Å². The number of halogens is 1. The third kappa shape index (κ3) is 3.33. The molecule has 1 saturated heterocycles. The summed E-state index contributed by atoms with van der Waals surface area (Å²) in [6.07, 6.45) is 3.74. The topological polar surface area (TPSA) is 47.0 Å². The standard InChI is InChI=1S/C13H20ClN3O/c1-9(2)11-12(14)16-8-17-13(11)15-7-10-3-5-18-6-4-10/h8-10H,3-7H2,1-2H3,(H,15,16,17). The van der Waals surface area contributed by atoms with E-state index in [0.717, 1.165) is 44.0 Å². The van der Waals surface area contributed by atoms with Crippen LogP contribution in [0.2, 0.25) is 5.15 Å². The number of aromatic nitrogens is 2. The van der Waals surface area contributed by atoms with E-state index in [4.69, 9.17) is 16.3 Å². The molecule has 1 aromatic heterocycles. The van der Waals surface area contributed by atoms with E-state index in [1.54, 1.807) is 0 Å². The van der Waals surface area contributed by atoms with Gasteiger partial charge in [-0.1, -0.05) is 25.4 Å². The maximum absolute atomic E-state index is 6.13. The molecule has 100 valence electrons. The van der Waals surface area contributed by atoms with Crippen LogP contribution in [-0.4, -0.2) is 29.7 Å². The van der Waals surface area contributed by atoms with Gasteiger partial charge in [0, 0.05) is 25.3 Å². The lowest BCUT2D eigenvalue weighted by Gasteiger charge is -2.23. The zero-order valence-corrected chi connectivity index (χ0v) is 11.7. The summed E-state index contributed by atoms with van der Waals surface area (Å²) < 4.78 is 5.36. The Labute approximate surface area is 113 Å². The van der Waals surface area contributed by atoms with Gasteiger partial charge in [0.1, 0.15) is 17.3 Å². The molecular formula is C13H20ClN3O. The fourth-order valence-corrected chi connectivity index (χ4v) is 2.57. The zero-order valence-electron chi connectivity index (χ0n) is 10.9. The molecule has 18 heavy (non-hydrogen) atoms. The van der Waals surface area contributed by atoms with E-state index < -0.39 is 0 Å². The fraction of sp³-hybridized carbons (Fsp3) is 0.692. The molecule has 0 radical (unpaired) electrons. The molecule has 4 nitrogen and oxygen atoms in total. The maximum atomic E-state index is 6.13. The van der Waals surface area contributed by atoms with Crippen LogP contribution in [0.1, 0.15) is 38.2 Å². The zero-order chi connectivity index (χ0) is 13.0. The first-order valence-electron chi connectivity index (χ1n) is 6.50. The molecule has 1 fully saturated rings. The van der Waals surface area contributed by atoms with Crippen LogP contribution >= 0.6 is 11.6 Å². The lowest BCUT2D eigenvalue weighted by molar-refractivity contribution is 0.0699. The normalized spacial score (nSPS) is 17.1. The Morgan fingerprint density at radius 2 is 2.11 bits per heavy atom. The molecule has 1 aromatic rings. The lowest BCUT2D eigenvalue weighted by atomic mass is 10.00. The number of hydrogen-bond donors (Lipinski definition) is 1. The highest BCUT2D eigenvalue weighted by Crippen LogP contribution is 2.28. The second kappa shape index (κ2) is 6.34. The SMILES string of the molecule is CC(C)c1c(Cl)ncnc1NCC1CCOCC1. The average Bonchev–Trinajstić information content (AvgIpc) is 2.37. The van der Waals surface area contributed by atoms with Crippen LogP contribution in [0, 0.1) is 5.92 Å². The summed E-state index contributed by atoms with van der Waals surface area (Å²) in [5.74, 6) is 1.85. The van der Waals surface area contributed by atoms with Crippen molar-refractivity contribution in [2.24, 2.45) is 5.92 Å². The Bertz CT molecular complexity index is 392. The van der Waals surface area contributed by atoms with Crippen LogP contribution in [0.15, 0.2) is 6.33 Å². The van der Waals surface area contributed by atoms with Crippen LogP contribution in [0.3, 0.4) is 0 Å². The van der Waals surface area contributed by atoms with Gasteiger partial charge in [0.2, 0.25) is 0 Å². The molecule has 0 bridgehead atoms. The summed E-state index contributed by atoms with van der Waals surface area (Å²) >= 11 is 6.13. The van der Waals surface area contributed by atoms with Gasteiger partial charge < -0.3 is 10.1 Å². The number of rotatable bonds is 4. The molecule has 0 saturated carbocycles. The van der Waals surface area contributed by atoms with E-state index in [2.05, 4.69) is 29.1 Å². The first kappa shape index (κ1) is 13.6. The summed E-state index contributed by atoms with van der Waals surface area (Å²) in [5, 5.41) is 3.96. The third-order valence-electron chi connectivity index (χ3n) is 3.31. The van der Waals surface area contributed by atoms with Crippen molar-refractivity contribution in [3.8, 4) is 0 Å². The van der Waals surface area contributed by atoms with Gasteiger partial charge >= 0.3 is 0 Å². The molecule has 0 spiro atoms. The van der Waals surface area contributed by atoms with E-state index in [1.807, 2.05) is 0 Å². The van der Waals surface area contributed by atoms with Crippen LogP contribution in [0.25, 0.3) is 0 Å². The Morgan fingerprint density at radius 3 is 2.78 bits per heavy atom. The highest BCUT2D eigenvalue weighted by molar-refractivity contribution is 6.30. The summed E-state index contributed by atoms with van der Waals surface area (Å²) in [5.41, 5.74) is 1.01. The smallest absolute Gasteiger partial charge is 0.138 e. The largest absolute Gasteiger partial charge is 0.381 e. The van der Waals surface area contributed by atoms with E-state index in [-0.39, 0.29) is 0 Å². The Morgan fingerprint density at radius 1 is 1.39 bits per heavy atom. The van der Waals surface area contributed by atoms with Gasteiger partial charge in [0.25, 0.3) is 0 Å². The molecule has 2 rings (SSSR count). The monoisotopic (exact) mass is 269 g/mol. The second-order valence-electron chi connectivity index (χ2n) is 5.02. The van der Waals surface area contributed by atoms with E-state index >= 15 is 0 Å². The molecule has 0 unspecified atom stereocenters. The van der Waals surface area contributed by atoms with E-state index in [9.17, 15) is 0 Å².